The smallest absolute Gasteiger partial charge is 0.0453 e. The lowest BCUT2D eigenvalue weighted by Crippen LogP contribution is -2.51. The topological polar surface area (TPSA) is 29.3 Å². The molecule has 0 radical (unpaired) electrons. The van der Waals surface area contributed by atoms with E-state index in [0.29, 0.717) is 12.1 Å². The summed E-state index contributed by atoms with van der Waals surface area (Å²) in [6.07, 6.45) is 3.78. The van der Waals surface area contributed by atoms with E-state index in [1.807, 2.05) is 0 Å². The predicted molar refractivity (Wildman–Crippen MR) is 82.0 cm³/mol. The molecule has 0 aromatic heterocycles. The van der Waals surface area contributed by atoms with Gasteiger partial charge in [-0.05, 0) is 44.2 Å². The van der Waals surface area contributed by atoms with Crippen molar-refractivity contribution in [2.45, 2.75) is 58.2 Å². The number of nitrogens with two attached hydrogens (primary N) is 1. The first-order valence-electron chi connectivity index (χ1n) is 7.71. The third kappa shape index (κ3) is 3.18. The van der Waals surface area contributed by atoms with Crippen molar-refractivity contribution in [1.82, 2.24) is 4.90 Å². The first-order valence-corrected chi connectivity index (χ1v) is 7.71. The van der Waals surface area contributed by atoms with Gasteiger partial charge in [-0.2, -0.15) is 0 Å². The fourth-order valence-corrected chi connectivity index (χ4v) is 3.43. The molecular weight excluding hydrogens is 232 g/mol. The molecule has 2 heteroatoms. The van der Waals surface area contributed by atoms with E-state index in [2.05, 4.69) is 56.0 Å². The van der Waals surface area contributed by atoms with Crippen LogP contribution in [0, 0.1) is 5.92 Å². The maximum Gasteiger partial charge on any atom is 0.0453 e. The second-order valence-electron chi connectivity index (χ2n) is 6.01. The summed E-state index contributed by atoms with van der Waals surface area (Å²) in [5, 5.41) is 0. The molecule has 1 saturated heterocycles. The molecule has 1 fully saturated rings. The van der Waals surface area contributed by atoms with E-state index in [4.69, 9.17) is 5.73 Å². The van der Waals surface area contributed by atoms with Crippen LogP contribution in [-0.2, 0) is 0 Å². The average Bonchev–Trinajstić information content (AvgIpc) is 2.45. The van der Waals surface area contributed by atoms with Crippen molar-refractivity contribution in [3.8, 4) is 0 Å². The van der Waals surface area contributed by atoms with Gasteiger partial charge in [0, 0.05) is 18.1 Å². The molecule has 2 nitrogen and oxygen atoms in total. The quantitative estimate of drug-likeness (QED) is 0.896. The molecule has 4 unspecified atom stereocenters. The zero-order valence-corrected chi connectivity index (χ0v) is 12.5. The highest BCUT2D eigenvalue weighted by Crippen LogP contribution is 2.30. The third-order valence-corrected chi connectivity index (χ3v) is 4.87. The van der Waals surface area contributed by atoms with E-state index < -0.39 is 0 Å². The van der Waals surface area contributed by atoms with Crippen molar-refractivity contribution in [1.29, 1.82) is 0 Å². The van der Waals surface area contributed by atoms with E-state index in [-0.39, 0.29) is 6.04 Å². The third-order valence-electron chi connectivity index (χ3n) is 4.87. The van der Waals surface area contributed by atoms with Crippen molar-refractivity contribution in [2.75, 3.05) is 6.54 Å². The van der Waals surface area contributed by atoms with Crippen LogP contribution in [0.4, 0.5) is 0 Å². The Labute approximate surface area is 118 Å². The van der Waals surface area contributed by atoms with Crippen LogP contribution in [0.5, 0.6) is 0 Å². The van der Waals surface area contributed by atoms with E-state index in [9.17, 15) is 0 Å². The van der Waals surface area contributed by atoms with Crippen LogP contribution in [0.2, 0.25) is 0 Å². The minimum absolute atomic E-state index is 0.124. The van der Waals surface area contributed by atoms with Crippen molar-refractivity contribution in [3.63, 3.8) is 0 Å². The van der Waals surface area contributed by atoms with Gasteiger partial charge in [0.25, 0.3) is 0 Å². The Kier molecular flexibility index (Phi) is 5.00. The van der Waals surface area contributed by atoms with Crippen LogP contribution in [0.25, 0.3) is 0 Å². The highest BCUT2D eigenvalue weighted by atomic mass is 15.2. The Balaban J connectivity index is 2.15. The molecule has 1 aliphatic rings. The molecule has 0 amide bonds. The largest absolute Gasteiger partial charge is 0.323 e. The first-order chi connectivity index (χ1) is 9.15. The van der Waals surface area contributed by atoms with Crippen LogP contribution >= 0.6 is 0 Å². The molecule has 4 atom stereocenters. The van der Waals surface area contributed by atoms with Gasteiger partial charge in [-0.25, -0.2) is 0 Å². The summed E-state index contributed by atoms with van der Waals surface area (Å²) < 4.78 is 0. The van der Waals surface area contributed by atoms with Gasteiger partial charge < -0.3 is 5.73 Å². The number of rotatable bonds is 4. The number of nitrogens with zero attached hydrogens (tertiary/aromatic N) is 1. The van der Waals surface area contributed by atoms with E-state index in [1.54, 1.807) is 0 Å². The fraction of sp³-hybridized carbons (Fsp3) is 0.647. The molecule has 0 spiro atoms. The molecule has 19 heavy (non-hydrogen) atoms. The molecule has 1 aromatic rings. The predicted octanol–water partition coefficient (Wildman–Crippen LogP) is 3.59. The molecule has 0 aliphatic carbocycles. The summed E-state index contributed by atoms with van der Waals surface area (Å²) >= 11 is 0. The fourth-order valence-electron chi connectivity index (χ4n) is 3.43. The van der Waals surface area contributed by atoms with E-state index in [0.717, 1.165) is 12.3 Å². The second-order valence-corrected chi connectivity index (χ2v) is 6.01. The van der Waals surface area contributed by atoms with Crippen LogP contribution in [0.15, 0.2) is 30.3 Å². The zero-order chi connectivity index (χ0) is 13.8. The number of hydrogen-bond acceptors (Lipinski definition) is 2. The van der Waals surface area contributed by atoms with Crippen molar-refractivity contribution >= 4 is 0 Å². The minimum Gasteiger partial charge on any atom is -0.323 e. The molecule has 106 valence electrons. The maximum absolute atomic E-state index is 6.55. The summed E-state index contributed by atoms with van der Waals surface area (Å²) in [7, 11) is 0. The van der Waals surface area contributed by atoms with Gasteiger partial charge in [-0.15, -0.1) is 0 Å². The van der Waals surface area contributed by atoms with E-state index in [1.165, 1.54) is 24.9 Å². The van der Waals surface area contributed by atoms with Gasteiger partial charge in [-0.1, -0.05) is 44.2 Å². The van der Waals surface area contributed by atoms with Gasteiger partial charge in [0.05, 0.1) is 0 Å². The molecule has 1 aliphatic heterocycles. The van der Waals surface area contributed by atoms with Crippen molar-refractivity contribution in [2.24, 2.45) is 11.7 Å². The summed E-state index contributed by atoms with van der Waals surface area (Å²) in [5.41, 5.74) is 7.81. The summed E-state index contributed by atoms with van der Waals surface area (Å²) in [4.78, 5) is 2.64. The summed E-state index contributed by atoms with van der Waals surface area (Å²) in [6.45, 7) is 8.20. The standard InChI is InChI=1S/C17H28N2/c1-4-16(17(18)15-10-6-5-7-11-15)19-12-8-9-13(2)14(19)3/h5-7,10-11,13-14,16-17H,4,8-9,12,18H2,1-3H3. The average molecular weight is 260 g/mol. The lowest BCUT2D eigenvalue weighted by molar-refractivity contribution is 0.0538. The van der Waals surface area contributed by atoms with Crippen LogP contribution in [0.1, 0.15) is 51.6 Å². The lowest BCUT2D eigenvalue weighted by Gasteiger charge is -2.44. The molecule has 1 heterocycles. The van der Waals surface area contributed by atoms with Crippen LogP contribution < -0.4 is 5.73 Å². The van der Waals surface area contributed by atoms with E-state index >= 15 is 0 Å². The van der Waals surface area contributed by atoms with Gasteiger partial charge in [0.15, 0.2) is 0 Å². The van der Waals surface area contributed by atoms with Crippen LogP contribution in [0.3, 0.4) is 0 Å². The molecule has 0 saturated carbocycles. The Morgan fingerprint density at radius 1 is 1.26 bits per heavy atom. The van der Waals surface area contributed by atoms with Gasteiger partial charge in [0.2, 0.25) is 0 Å². The Hall–Kier alpha value is -0.860. The lowest BCUT2D eigenvalue weighted by atomic mass is 9.87. The Bertz CT molecular complexity index is 376. The number of piperidine rings is 1. The highest BCUT2D eigenvalue weighted by Gasteiger charge is 2.32. The van der Waals surface area contributed by atoms with Gasteiger partial charge in [-0.3, -0.25) is 4.90 Å². The molecule has 1 aromatic carbocycles. The molecule has 2 N–H and O–H groups in total. The number of likely N-dealkylation sites (tertiary alicyclic amines) is 1. The van der Waals surface area contributed by atoms with Gasteiger partial charge in [0.1, 0.15) is 0 Å². The number of hydrogen-bond donors (Lipinski definition) is 1. The maximum atomic E-state index is 6.55. The molecule has 0 bridgehead atoms. The highest BCUT2D eigenvalue weighted by molar-refractivity contribution is 5.20. The second kappa shape index (κ2) is 6.53. The number of benzene rings is 1. The minimum atomic E-state index is 0.124. The normalized spacial score (nSPS) is 28.0. The molecular formula is C17H28N2. The summed E-state index contributed by atoms with van der Waals surface area (Å²) in [6, 6.07) is 11.8. The summed E-state index contributed by atoms with van der Waals surface area (Å²) in [5.74, 6) is 0.783. The monoisotopic (exact) mass is 260 g/mol. The van der Waals surface area contributed by atoms with Crippen molar-refractivity contribution < 1.29 is 0 Å². The molecule has 2 rings (SSSR count). The zero-order valence-electron chi connectivity index (χ0n) is 12.5. The first kappa shape index (κ1) is 14.5. The van der Waals surface area contributed by atoms with Crippen molar-refractivity contribution in [3.05, 3.63) is 35.9 Å². The van der Waals surface area contributed by atoms with Gasteiger partial charge >= 0.3 is 0 Å². The SMILES string of the molecule is CCC(C(N)c1ccccc1)N1CCCC(C)C1C. The Morgan fingerprint density at radius 3 is 2.58 bits per heavy atom. The van der Waals surface area contributed by atoms with Crippen LogP contribution in [-0.4, -0.2) is 23.5 Å². The Morgan fingerprint density at radius 2 is 1.95 bits per heavy atom.